The molecule has 0 radical (unpaired) electrons. The Labute approximate surface area is 92.6 Å². The van der Waals surface area contributed by atoms with Gasteiger partial charge in [0.1, 0.15) is 0 Å². The molecule has 0 unspecified atom stereocenters. The number of carbonyl (C=O) groups excluding carboxylic acids is 1. The van der Waals surface area contributed by atoms with Gasteiger partial charge in [0, 0.05) is 18.7 Å². The fourth-order valence-corrected chi connectivity index (χ4v) is 1.13. The Morgan fingerprint density at radius 3 is 2.88 bits per heavy atom. The Bertz CT molecular complexity index is 404. The number of hydrogen-bond donors (Lipinski definition) is 2. The van der Waals surface area contributed by atoms with Crippen LogP contribution in [0.4, 0.5) is 5.69 Å². The first-order valence-electron chi connectivity index (χ1n) is 4.77. The summed E-state index contributed by atoms with van der Waals surface area (Å²) in [5, 5.41) is 13.1. The van der Waals surface area contributed by atoms with Crippen molar-refractivity contribution in [2.45, 2.75) is 19.5 Å². The van der Waals surface area contributed by atoms with Gasteiger partial charge in [0.2, 0.25) is 5.91 Å². The van der Waals surface area contributed by atoms with E-state index in [9.17, 15) is 14.9 Å². The van der Waals surface area contributed by atoms with E-state index in [-0.39, 0.29) is 18.1 Å². The van der Waals surface area contributed by atoms with E-state index in [1.54, 1.807) is 19.1 Å². The highest BCUT2D eigenvalue weighted by Gasteiger charge is 2.08. The molecule has 1 atom stereocenters. The maximum absolute atomic E-state index is 11.2. The molecular weight excluding hydrogens is 210 g/mol. The number of nitrogens with two attached hydrogens (primary N) is 1. The van der Waals surface area contributed by atoms with Crippen LogP contribution < -0.4 is 11.1 Å². The van der Waals surface area contributed by atoms with Crippen LogP contribution in [0.1, 0.15) is 12.5 Å². The Balaban J connectivity index is 2.64. The smallest absolute Gasteiger partial charge is 0.269 e. The van der Waals surface area contributed by atoms with Crippen LogP contribution in [0.3, 0.4) is 0 Å². The van der Waals surface area contributed by atoms with E-state index in [0.717, 1.165) is 0 Å². The summed E-state index contributed by atoms with van der Waals surface area (Å²) in [6.07, 6.45) is 0. The van der Waals surface area contributed by atoms with Crippen molar-refractivity contribution in [1.82, 2.24) is 5.32 Å². The summed E-state index contributed by atoms with van der Waals surface area (Å²) in [5.74, 6) is -0.286. The summed E-state index contributed by atoms with van der Waals surface area (Å²) in [6, 6.07) is 5.51. The third kappa shape index (κ3) is 3.32. The molecule has 0 aliphatic carbocycles. The summed E-state index contributed by atoms with van der Waals surface area (Å²) in [5.41, 5.74) is 6.03. The van der Waals surface area contributed by atoms with Crippen molar-refractivity contribution in [3.05, 3.63) is 39.9 Å². The molecule has 16 heavy (non-hydrogen) atoms. The number of nitrogens with one attached hydrogen (secondary N) is 1. The van der Waals surface area contributed by atoms with Gasteiger partial charge >= 0.3 is 0 Å². The van der Waals surface area contributed by atoms with Gasteiger partial charge < -0.3 is 11.1 Å². The van der Waals surface area contributed by atoms with Gasteiger partial charge in [0.05, 0.1) is 11.0 Å². The van der Waals surface area contributed by atoms with E-state index >= 15 is 0 Å². The number of non-ortho nitro benzene ring substituents is 1. The maximum atomic E-state index is 11.2. The molecule has 86 valence electrons. The molecule has 0 bridgehead atoms. The van der Waals surface area contributed by atoms with E-state index in [2.05, 4.69) is 5.32 Å². The average Bonchev–Trinajstić information content (AvgIpc) is 2.26. The Hall–Kier alpha value is -1.95. The van der Waals surface area contributed by atoms with E-state index in [1.807, 2.05) is 0 Å². The first-order valence-corrected chi connectivity index (χ1v) is 4.77. The van der Waals surface area contributed by atoms with Crippen LogP contribution in [0.5, 0.6) is 0 Å². The van der Waals surface area contributed by atoms with Gasteiger partial charge in [-0.25, -0.2) is 0 Å². The predicted octanol–water partition coefficient (Wildman–Crippen LogP) is 0.558. The molecule has 0 aromatic heterocycles. The van der Waals surface area contributed by atoms with Gasteiger partial charge in [-0.3, -0.25) is 14.9 Å². The van der Waals surface area contributed by atoms with Gasteiger partial charge in [0.25, 0.3) is 5.69 Å². The number of amides is 1. The van der Waals surface area contributed by atoms with Crippen LogP contribution >= 0.6 is 0 Å². The van der Waals surface area contributed by atoms with Crippen molar-refractivity contribution in [3.63, 3.8) is 0 Å². The predicted molar refractivity (Wildman–Crippen MR) is 58.6 cm³/mol. The number of hydrogen-bond acceptors (Lipinski definition) is 4. The first kappa shape index (κ1) is 12.1. The third-order valence-corrected chi connectivity index (χ3v) is 2.00. The highest BCUT2D eigenvalue weighted by Crippen LogP contribution is 2.12. The van der Waals surface area contributed by atoms with E-state index in [4.69, 9.17) is 5.73 Å². The lowest BCUT2D eigenvalue weighted by Gasteiger charge is -2.07. The minimum absolute atomic E-state index is 0.00699. The van der Waals surface area contributed by atoms with Crippen molar-refractivity contribution < 1.29 is 9.72 Å². The second kappa shape index (κ2) is 5.22. The molecule has 0 aliphatic rings. The summed E-state index contributed by atoms with van der Waals surface area (Å²) in [7, 11) is 0. The van der Waals surface area contributed by atoms with E-state index < -0.39 is 11.0 Å². The molecule has 6 nitrogen and oxygen atoms in total. The molecule has 0 aliphatic heterocycles. The summed E-state index contributed by atoms with van der Waals surface area (Å²) in [4.78, 5) is 21.2. The standard InChI is InChI=1S/C10H13N3O3/c1-7(11)10(14)12-6-8-3-2-4-9(5-8)13(15)16/h2-5,7H,6,11H2,1H3,(H,12,14)/t7-/m1/s1. The summed E-state index contributed by atoms with van der Waals surface area (Å²) >= 11 is 0. The van der Waals surface area contributed by atoms with Crippen molar-refractivity contribution in [2.75, 3.05) is 0 Å². The Morgan fingerprint density at radius 2 is 2.31 bits per heavy atom. The van der Waals surface area contributed by atoms with Gasteiger partial charge in [0.15, 0.2) is 0 Å². The molecule has 1 rings (SSSR count). The molecule has 1 amide bonds. The largest absolute Gasteiger partial charge is 0.351 e. The Morgan fingerprint density at radius 1 is 1.62 bits per heavy atom. The molecule has 0 heterocycles. The normalized spacial score (nSPS) is 11.9. The highest BCUT2D eigenvalue weighted by atomic mass is 16.6. The number of nitrogens with zero attached hydrogens (tertiary/aromatic N) is 1. The molecule has 3 N–H and O–H groups in total. The summed E-state index contributed by atoms with van der Waals surface area (Å²) < 4.78 is 0. The van der Waals surface area contributed by atoms with Crippen LogP contribution in [-0.4, -0.2) is 16.9 Å². The van der Waals surface area contributed by atoms with Crippen molar-refractivity contribution in [1.29, 1.82) is 0 Å². The lowest BCUT2D eigenvalue weighted by Crippen LogP contribution is -2.37. The zero-order valence-corrected chi connectivity index (χ0v) is 8.84. The van der Waals surface area contributed by atoms with Crippen LogP contribution in [0.15, 0.2) is 24.3 Å². The van der Waals surface area contributed by atoms with Crippen molar-refractivity contribution >= 4 is 11.6 Å². The zero-order chi connectivity index (χ0) is 12.1. The van der Waals surface area contributed by atoms with E-state index in [1.165, 1.54) is 12.1 Å². The molecule has 0 spiro atoms. The monoisotopic (exact) mass is 223 g/mol. The molecule has 1 aromatic carbocycles. The van der Waals surface area contributed by atoms with Gasteiger partial charge in [-0.2, -0.15) is 0 Å². The fourth-order valence-electron chi connectivity index (χ4n) is 1.13. The van der Waals surface area contributed by atoms with Crippen molar-refractivity contribution in [3.8, 4) is 0 Å². The number of nitro groups is 1. The topological polar surface area (TPSA) is 98.3 Å². The van der Waals surface area contributed by atoms with Crippen molar-refractivity contribution in [2.24, 2.45) is 5.73 Å². The van der Waals surface area contributed by atoms with Crippen LogP contribution in [0, 0.1) is 10.1 Å². The molecular formula is C10H13N3O3. The lowest BCUT2D eigenvalue weighted by molar-refractivity contribution is -0.384. The zero-order valence-electron chi connectivity index (χ0n) is 8.84. The van der Waals surface area contributed by atoms with Crippen LogP contribution in [0.25, 0.3) is 0 Å². The second-order valence-corrected chi connectivity index (χ2v) is 3.43. The quantitative estimate of drug-likeness (QED) is 0.575. The van der Waals surface area contributed by atoms with Crippen LogP contribution in [0.2, 0.25) is 0 Å². The van der Waals surface area contributed by atoms with Crippen LogP contribution in [-0.2, 0) is 11.3 Å². The molecule has 1 aromatic rings. The van der Waals surface area contributed by atoms with Gasteiger partial charge in [-0.1, -0.05) is 12.1 Å². The minimum Gasteiger partial charge on any atom is -0.351 e. The Kier molecular flexibility index (Phi) is 3.96. The van der Waals surface area contributed by atoms with Gasteiger partial charge in [-0.05, 0) is 12.5 Å². The number of rotatable bonds is 4. The third-order valence-electron chi connectivity index (χ3n) is 2.00. The SMILES string of the molecule is C[C@@H](N)C(=O)NCc1cccc([N+](=O)[O-])c1. The summed E-state index contributed by atoms with van der Waals surface area (Å²) in [6.45, 7) is 1.81. The molecule has 0 saturated heterocycles. The second-order valence-electron chi connectivity index (χ2n) is 3.43. The molecule has 0 fully saturated rings. The maximum Gasteiger partial charge on any atom is 0.269 e. The lowest BCUT2D eigenvalue weighted by atomic mass is 10.2. The highest BCUT2D eigenvalue weighted by molar-refractivity contribution is 5.80. The average molecular weight is 223 g/mol. The van der Waals surface area contributed by atoms with E-state index in [0.29, 0.717) is 5.56 Å². The first-order chi connectivity index (χ1) is 7.50. The number of benzene rings is 1. The number of nitro benzene ring substituents is 1. The number of carbonyl (C=O) groups is 1. The minimum atomic E-state index is -0.585. The molecule has 0 saturated carbocycles. The molecule has 6 heteroatoms. The van der Waals surface area contributed by atoms with Gasteiger partial charge in [-0.15, -0.1) is 0 Å². The fraction of sp³-hybridized carbons (Fsp3) is 0.300.